The molecule has 94 valence electrons. The van der Waals surface area contributed by atoms with Crippen LogP contribution in [0.5, 0.6) is 0 Å². The highest BCUT2D eigenvalue weighted by Crippen LogP contribution is 2.30. The molecule has 1 atom stereocenters. The van der Waals surface area contributed by atoms with Gasteiger partial charge < -0.3 is 5.32 Å². The topological polar surface area (TPSA) is 24.9 Å². The van der Waals surface area contributed by atoms with Gasteiger partial charge in [0.1, 0.15) is 10.8 Å². The van der Waals surface area contributed by atoms with Crippen LogP contribution < -0.4 is 5.32 Å². The predicted molar refractivity (Wildman–Crippen MR) is 72.2 cm³/mol. The number of thiazole rings is 1. The summed E-state index contributed by atoms with van der Waals surface area (Å²) in [7, 11) is 0. The average Bonchev–Trinajstić information content (AvgIpc) is 3.01. The lowest BCUT2D eigenvalue weighted by molar-refractivity contribution is 0.618. The van der Waals surface area contributed by atoms with E-state index in [4.69, 9.17) is 0 Å². The molecule has 1 unspecified atom stereocenters. The van der Waals surface area contributed by atoms with E-state index < -0.39 is 0 Å². The van der Waals surface area contributed by atoms with Crippen LogP contribution in [0.15, 0.2) is 23.6 Å². The number of hydrogen-bond donors (Lipinski definition) is 1. The average molecular weight is 262 g/mol. The van der Waals surface area contributed by atoms with E-state index in [-0.39, 0.29) is 5.82 Å². The van der Waals surface area contributed by atoms with Crippen molar-refractivity contribution in [1.82, 2.24) is 10.3 Å². The quantitative estimate of drug-likeness (QED) is 0.893. The Bertz CT molecular complexity index is 559. The van der Waals surface area contributed by atoms with Crippen molar-refractivity contribution in [2.24, 2.45) is 0 Å². The molecule has 1 aliphatic heterocycles. The molecule has 1 aromatic carbocycles. The van der Waals surface area contributed by atoms with Gasteiger partial charge in [0.05, 0.1) is 11.7 Å². The molecule has 0 saturated carbocycles. The molecule has 1 N–H and O–H groups in total. The number of aromatic nitrogens is 1. The lowest BCUT2D eigenvalue weighted by Gasteiger charge is -2.05. The molecule has 3 rings (SSSR count). The third kappa shape index (κ3) is 2.18. The summed E-state index contributed by atoms with van der Waals surface area (Å²) in [5, 5.41) is 6.52. The van der Waals surface area contributed by atoms with Crippen molar-refractivity contribution in [3.63, 3.8) is 0 Å². The minimum Gasteiger partial charge on any atom is -0.309 e. The van der Waals surface area contributed by atoms with Crippen LogP contribution >= 0.6 is 11.3 Å². The predicted octanol–water partition coefficient (Wildman–Crippen LogP) is 3.68. The Morgan fingerprint density at radius 3 is 3.06 bits per heavy atom. The first-order valence-corrected chi connectivity index (χ1v) is 7.07. The van der Waals surface area contributed by atoms with E-state index in [1.54, 1.807) is 24.3 Å². The van der Waals surface area contributed by atoms with Crippen LogP contribution in [0.1, 0.15) is 30.1 Å². The summed E-state index contributed by atoms with van der Waals surface area (Å²) in [5.74, 6) is -0.159. The number of nitrogens with one attached hydrogen (secondary N) is 1. The van der Waals surface area contributed by atoms with Gasteiger partial charge in [-0.05, 0) is 50.1 Å². The van der Waals surface area contributed by atoms with Crippen molar-refractivity contribution in [2.45, 2.75) is 25.8 Å². The lowest BCUT2D eigenvalue weighted by atomic mass is 10.1. The Labute approximate surface area is 110 Å². The van der Waals surface area contributed by atoms with Crippen molar-refractivity contribution in [3.05, 3.63) is 40.7 Å². The molecule has 0 radical (unpaired) electrons. The fraction of sp³-hybridized carbons (Fsp3) is 0.357. The second kappa shape index (κ2) is 4.78. The standard InChI is InChI=1S/C14H15FN2S/c1-9-7-10(4-5-11(9)15)14-17-13(8-18-14)12-3-2-6-16-12/h4-5,7-8,12,16H,2-3,6H2,1H3. The fourth-order valence-electron chi connectivity index (χ4n) is 2.29. The number of aryl methyl sites for hydroxylation is 1. The van der Waals surface area contributed by atoms with Crippen LogP contribution in [-0.2, 0) is 0 Å². The highest BCUT2D eigenvalue weighted by molar-refractivity contribution is 7.13. The smallest absolute Gasteiger partial charge is 0.126 e. The second-order valence-corrected chi connectivity index (χ2v) is 5.55. The zero-order valence-corrected chi connectivity index (χ0v) is 11.1. The monoisotopic (exact) mass is 262 g/mol. The number of benzene rings is 1. The van der Waals surface area contributed by atoms with E-state index in [2.05, 4.69) is 15.7 Å². The molecule has 18 heavy (non-hydrogen) atoms. The van der Waals surface area contributed by atoms with Gasteiger partial charge in [-0.25, -0.2) is 9.37 Å². The summed E-state index contributed by atoms with van der Waals surface area (Å²) in [6, 6.07) is 5.57. The van der Waals surface area contributed by atoms with E-state index in [9.17, 15) is 4.39 Å². The van der Waals surface area contributed by atoms with Crippen molar-refractivity contribution < 1.29 is 4.39 Å². The first-order valence-electron chi connectivity index (χ1n) is 6.19. The third-order valence-electron chi connectivity index (χ3n) is 3.34. The molecule has 1 fully saturated rings. The Morgan fingerprint density at radius 1 is 1.44 bits per heavy atom. The van der Waals surface area contributed by atoms with Crippen molar-refractivity contribution >= 4 is 11.3 Å². The van der Waals surface area contributed by atoms with Crippen LogP contribution in [0.4, 0.5) is 4.39 Å². The van der Waals surface area contributed by atoms with Crippen LogP contribution in [-0.4, -0.2) is 11.5 Å². The Kier molecular flexibility index (Phi) is 3.14. The van der Waals surface area contributed by atoms with E-state index in [1.807, 2.05) is 6.07 Å². The van der Waals surface area contributed by atoms with E-state index >= 15 is 0 Å². The molecule has 0 aliphatic carbocycles. The van der Waals surface area contributed by atoms with Gasteiger partial charge in [0.25, 0.3) is 0 Å². The number of nitrogens with zero attached hydrogens (tertiary/aromatic N) is 1. The van der Waals surface area contributed by atoms with Gasteiger partial charge in [0.2, 0.25) is 0 Å². The highest BCUT2D eigenvalue weighted by atomic mass is 32.1. The van der Waals surface area contributed by atoms with E-state index in [0.717, 1.165) is 29.2 Å². The molecule has 0 bridgehead atoms. The third-order valence-corrected chi connectivity index (χ3v) is 4.25. The fourth-order valence-corrected chi connectivity index (χ4v) is 3.16. The number of rotatable bonds is 2. The Hall–Kier alpha value is -1.26. The molecule has 1 aromatic heterocycles. The zero-order valence-electron chi connectivity index (χ0n) is 10.2. The molecule has 1 saturated heterocycles. The van der Waals surface area contributed by atoms with Crippen LogP contribution in [0, 0.1) is 12.7 Å². The molecular weight excluding hydrogens is 247 g/mol. The number of hydrogen-bond acceptors (Lipinski definition) is 3. The first kappa shape index (κ1) is 11.8. The van der Waals surface area contributed by atoms with Crippen molar-refractivity contribution in [1.29, 1.82) is 0 Å². The molecule has 0 spiro atoms. The Morgan fingerprint density at radius 2 is 2.33 bits per heavy atom. The van der Waals surface area contributed by atoms with Gasteiger partial charge >= 0.3 is 0 Å². The van der Waals surface area contributed by atoms with E-state index in [1.165, 1.54) is 12.5 Å². The second-order valence-electron chi connectivity index (χ2n) is 4.69. The summed E-state index contributed by atoms with van der Waals surface area (Å²) < 4.78 is 13.2. The van der Waals surface area contributed by atoms with Crippen LogP contribution in [0.3, 0.4) is 0 Å². The van der Waals surface area contributed by atoms with Gasteiger partial charge in [-0.2, -0.15) is 0 Å². The van der Waals surface area contributed by atoms with Gasteiger partial charge in [-0.3, -0.25) is 0 Å². The minimum absolute atomic E-state index is 0.159. The zero-order chi connectivity index (χ0) is 12.5. The SMILES string of the molecule is Cc1cc(-c2nc(C3CCCN3)cs2)ccc1F. The maximum atomic E-state index is 13.2. The molecule has 0 amide bonds. The van der Waals surface area contributed by atoms with Crippen molar-refractivity contribution in [2.75, 3.05) is 6.54 Å². The summed E-state index contributed by atoms with van der Waals surface area (Å²) >= 11 is 1.63. The van der Waals surface area contributed by atoms with E-state index in [0.29, 0.717) is 11.6 Å². The van der Waals surface area contributed by atoms with Crippen LogP contribution in [0.25, 0.3) is 10.6 Å². The maximum absolute atomic E-state index is 13.2. The first-order chi connectivity index (χ1) is 8.74. The van der Waals surface area contributed by atoms with Gasteiger partial charge in [-0.15, -0.1) is 11.3 Å². The van der Waals surface area contributed by atoms with Crippen molar-refractivity contribution in [3.8, 4) is 10.6 Å². The minimum atomic E-state index is -0.159. The normalized spacial score (nSPS) is 19.3. The molecule has 2 nitrogen and oxygen atoms in total. The van der Waals surface area contributed by atoms with Gasteiger partial charge in [-0.1, -0.05) is 0 Å². The lowest BCUT2D eigenvalue weighted by Crippen LogP contribution is -2.12. The Balaban J connectivity index is 1.89. The molecule has 2 heterocycles. The molecule has 1 aliphatic rings. The van der Waals surface area contributed by atoms with Gasteiger partial charge in [0, 0.05) is 10.9 Å². The van der Waals surface area contributed by atoms with Crippen LogP contribution in [0.2, 0.25) is 0 Å². The molecular formula is C14H15FN2S. The number of halogens is 1. The highest BCUT2D eigenvalue weighted by Gasteiger charge is 2.19. The largest absolute Gasteiger partial charge is 0.309 e. The van der Waals surface area contributed by atoms with Gasteiger partial charge in [0.15, 0.2) is 0 Å². The summed E-state index contributed by atoms with van der Waals surface area (Å²) in [6.45, 7) is 2.86. The maximum Gasteiger partial charge on any atom is 0.126 e. The summed E-state index contributed by atoms with van der Waals surface area (Å²) in [5.41, 5.74) is 2.79. The summed E-state index contributed by atoms with van der Waals surface area (Å²) in [6.07, 6.45) is 2.37. The summed E-state index contributed by atoms with van der Waals surface area (Å²) in [4.78, 5) is 4.67. The molecule has 4 heteroatoms. The molecule has 2 aromatic rings.